The first-order chi connectivity index (χ1) is 9.54. The van der Waals surface area contributed by atoms with Crippen LogP contribution in [0.3, 0.4) is 0 Å². The predicted molar refractivity (Wildman–Crippen MR) is 80.8 cm³/mol. The van der Waals surface area contributed by atoms with Gasteiger partial charge < -0.3 is 5.32 Å². The highest BCUT2D eigenvalue weighted by Gasteiger charge is 2.08. The molecule has 0 aliphatic carbocycles. The van der Waals surface area contributed by atoms with E-state index in [0.717, 1.165) is 11.3 Å². The minimum absolute atomic E-state index is 0.0107. The summed E-state index contributed by atoms with van der Waals surface area (Å²) in [6, 6.07) is 9.53. The van der Waals surface area contributed by atoms with Crippen molar-refractivity contribution in [2.24, 2.45) is 0 Å². The number of carbonyl (C=O) groups excluding carboxylic acids is 1. The van der Waals surface area contributed by atoms with Gasteiger partial charge in [-0.15, -0.1) is 0 Å². The Kier molecular flexibility index (Phi) is 4.74. The molecule has 0 spiro atoms. The van der Waals surface area contributed by atoms with Gasteiger partial charge >= 0.3 is 0 Å². The lowest BCUT2D eigenvalue weighted by molar-refractivity contribution is -0.695. The van der Waals surface area contributed by atoms with Crippen LogP contribution < -0.4 is 9.88 Å². The average Bonchev–Trinajstić information content (AvgIpc) is 2.42. The topological polar surface area (TPSA) is 33.0 Å². The number of halogens is 1. The van der Waals surface area contributed by atoms with E-state index in [-0.39, 0.29) is 5.91 Å². The Morgan fingerprint density at radius 3 is 2.60 bits per heavy atom. The van der Waals surface area contributed by atoms with Crippen molar-refractivity contribution >= 4 is 23.2 Å². The van der Waals surface area contributed by atoms with E-state index in [9.17, 15) is 4.79 Å². The minimum atomic E-state index is -0.0107. The van der Waals surface area contributed by atoms with Gasteiger partial charge in [0.25, 0.3) is 0 Å². The third-order valence-electron chi connectivity index (χ3n) is 3.13. The molecule has 0 saturated carbocycles. The summed E-state index contributed by atoms with van der Waals surface area (Å²) in [5.41, 5.74) is 2.99. The van der Waals surface area contributed by atoms with Crippen LogP contribution in [0.15, 0.2) is 42.7 Å². The van der Waals surface area contributed by atoms with Gasteiger partial charge in [-0.05, 0) is 37.1 Å². The SMILES string of the molecule is Cc1cc[n+](CCC(=O)Nc2cc(Cl)ccc2C)cc1. The summed E-state index contributed by atoms with van der Waals surface area (Å²) in [5, 5.41) is 3.52. The molecule has 2 rings (SSSR count). The van der Waals surface area contributed by atoms with Gasteiger partial charge in [0.1, 0.15) is 0 Å². The number of hydrogen-bond donors (Lipinski definition) is 1. The van der Waals surface area contributed by atoms with Gasteiger partial charge in [-0.3, -0.25) is 4.79 Å². The molecule has 2 aromatic rings. The predicted octanol–water partition coefficient (Wildman–Crippen LogP) is 3.27. The van der Waals surface area contributed by atoms with Gasteiger partial charge in [-0.2, -0.15) is 0 Å². The molecule has 1 N–H and O–H groups in total. The lowest BCUT2D eigenvalue weighted by atomic mass is 10.2. The molecule has 4 heteroatoms. The van der Waals surface area contributed by atoms with E-state index in [1.807, 2.05) is 55.1 Å². The van der Waals surface area contributed by atoms with E-state index < -0.39 is 0 Å². The van der Waals surface area contributed by atoms with Crippen molar-refractivity contribution in [2.45, 2.75) is 26.8 Å². The summed E-state index contributed by atoms with van der Waals surface area (Å²) in [7, 11) is 0. The molecule has 0 saturated heterocycles. The molecule has 0 unspecified atom stereocenters. The smallest absolute Gasteiger partial charge is 0.230 e. The van der Waals surface area contributed by atoms with Crippen LogP contribution in [0.5, 0.6) is 0 Å². The number of aromatic nitrogens is 1. The third kappa shape index (κ3) is 4.07. The maximum atomic E-state index is 11.9. The van der Waals surface area contributed by atoms with E-state index in [2.05, 4.69) is 5.32 Å². The van der Waals surface area contributed by atoms with E-state index in [0.29, 0.717) is 18.0 Å². The number of carbonyl (C=O) groups is 1. The summed E-state index contributed by atoms with van der Waals surface area (Å²) in [6.07, 6.45) is 4.39. The van der Waals surface area contributed by atoms with Crippen molar-refractivity contribution in [2.75, 3.05) is 5.32 Å². The van der Waals surface area contributed by atoms with E-state index in [4.69, 9.17) is 11.6 Å². The van der Waals surface area contributed by atoms with Crippen LogP contribution in [0.1, 0.15) is 17.5 Å². The highest BCUT2D eigenvalue weighted by atomic mass is 35.5. The van der Waals surface area contributed by atoms with Crippen molar-refractivity contribution in [1.29, 1.82) is 0 Å². The van der Waals surface area contributed by atoms with Crippen LogP contribution in [-0.2, 0) is 11.3 Å². The standard InChI is InChI=1S/C16H17ClN2O/c1-12-5-8-19(9-6-12)10-7-16(20)18-15-11-14(17)4-3-13(15)2/h3-6,8-9,11H,7,10H2,1-2H3/p+1. The normalized spacial score (nSPS) is 10.3. The molecule has 0 bridgehead atoms. The molecule has 1 amide bonds. The van der Waals surface area contributed by atoms with Gasteiger partial charge in [0.15, 0.2) is 18.9 Å². The fourth-order valence-electron chi connectivity index (χ4n) is 1.85. The molecule has 0 aliphatic heterocycles. The first kappa shape index (κ1) is 14.5. The third-order valence-corrected chi connectivity index (χ3v) is 3.36. The van der Waals surface area contributed by atoms with Crippen LogP contribution in [0.4, 0.5) is 5.69 Å². The largest absolute Gasteiger partial charge is 0.326 e. The van der Waals surface area contributed by atoms with E-state index in [1.54, 1.807) is 6.07 Å². The molecule has 0 aliphatic rings. The second-order valence-corrected chi connectivity index (χ2v) is 5.31. The fraction of sp³-hybridized carbons (Fsp3) is 0.250. The molecule has 1 aromatic carbocycles. The Labute approximate surface area is 124 Å². The Bertz CT molecular complexity index is 608. The number of amides is 1. The monoisotopic (exact) mass is 289 g/mol. The molecule has 0 atom stereocenters. The Balaban J connectivity index is 1.92. The fourth-order valence-corrected chi connectivity index (χ4v) is 2.03. The van der Waals surface area contributed by atoms with Crippen LogP contribution in [0.25, 0.3) is 0 Å². The van der Waals surface area contributed by atoms with Crippen molar-refractivity contribution in [3.05, 3.63) is 58.9 Å². The van der Waals surface area contributed by atoms with Gasteiger partial charge in [-0.25, -0.2) is 4.57 Å². The zero-order valence-electron chi connectivity index (χ0n) is 11.7. The summed E-state index contributed by atoms with van der Waals surface area (Å²) < 4.78 is 2.00. The highest BCUT2D eigenvalue weighted by molar-refractivity contribution is 6.31. The van der Waals surface area contributed by atoms with Gasteiger partial charge in [-0.1, -0.05) is 17.7 Å². The summed E-state index contributed by atoms with van der Waals surface area (Å²) >= 11 is 5.93. The lowest BCUT2D eigenvalue weighted by Gasteiger charge is -2.08. The van der Waals surface area contributed by atoms with Crippen LogP contribution in [0.2, 0.25) is 5.02 Å². The van der Waals surface area contributed by atoms with E-state index >= 15 is 0 Å². The second-order valence-electron chi connectivity index (χ2n) is 4.87. The Morgan fingerprint density at radius 1 is 1.20 bits per heavy atom. The average molecular weight is 290 g/mol. The summed E-state index contributed by atoms with van der Waals surface area (Å²) in [5.74, 6) is -0.0107. The number of benzene rings is 1. The molecule has 1 heterocycles. The Hall–Kier alpha value is -1.87. The van der Waals surface area contributed by atoms with Crippen LogP contribution >= 0.6 is 11.6 Å². The number of aryl methyl sites for hydroxylation is 3. The maximum absolute atomic E-state index is 11.9. The van der Waals surface area contributed by atoms with Crippen LogP contribution in [-0.4, -0.2) is 5.91 Å². The molecule has 104 valence electrons. The summed E-state index contributed by atoms with van der Waals surface area (Å²) in [6.45, 7) is 4.64. The zero-order valence-corrected chi connectivity index (χ0v) is 12.4. The molecule has 0 radical (unpaired) electrons. The number of nitrogens with one attached hydrogen (secondary N) is 1. The van der Waals surface area contributed by atoms with E-state index in [1.165, 1.54) is 5.56 Å². The first-order valence-electron chi connectivity index (χ1n) is 6.56. The molecular weight excluding hydrogens is 272 g/mol. The van der Waals surface area contributed by atoms with Crippen molar-refractivity contribution in [3.63, 3.8) is 0 Å². The van der Waals surface area contributed by atoms with Crippen molar-refractivity contribution < 1.29 is 9.36 Å². The van der Waals surface area contributed by atoms with Gasteiger partial charge in [0.2, 0.25) is 5.91 Å². The van der Waals surface area contributed by atoms with Crippen LogP contribution in [0, 0.1) is 13.8 Å². The molecule has 1 aromatic heterocycles. The van der Waals surface area contributed by atoms with Crippen molar-refractivity contribution in [1.82, 2.24) is 0 Å². The summed E-state index contributed by atoms with van der Waals surface area (Å²) in [4.78, 5) is 11.9. The zero-order chi connectivity index (χ0) is 14.5. The molecular formula is C16H18ClN2O+. The molecule has 20 heavy (non-hydrogen) atoms. The van der Waals surface area contributed by atoms with Crippen molar-refractivity contribution in [3.8, 4) is 0 Å². The first-order valence-corrected chi connectivity index (χ1v) is 6.94. The molecule has 0 fully saturated rings. The number of nitrogens with zero attached hydrogens (tertiary/aromatic N) is 1. The highest BCUT2D eigenvalue weighted by Crippen LogP contribution is 2.20. The minimum Gasteiger partial charge on any atom is -0.326 e. The quantitative estimate of drug-likeness (QED) is 0.861. The molecule has 3 nitrogen and oxygen atoms in total. The second kappa shape index (κ2) is 6.53. The Morgan fingerprint density at radius 2 is 1.90 bits per heavy atom. The number of pyridine rings is 1. The number of hydrogen-bond acceptors (Lipinski definition) is 1. The number of anilines is 1. The van der Waals surface area contributed by atoms with Gasteiger partial charge in [0.05, 0.1) is 6.42 Å². The number of rotatable bonds is 4. The maximum Gasteiger partial charge on any atom is 0.230 e. The van der Waals surface area contributed by atoms with Gasteiger partial charge in [0, 0.05) is 22.8 Å². The lowest BCUT2D eigenvalue weighted by Crippen LogP contribution is -2.34.